The van der Waals surface area contributed by atoms with Gasteiger partial charge in [-0.2, -0.15) is 18.3 Å². The number of carbonyl (C=O) groups excluding carboxylic acids is 1. The van der Waals surface area contributed by atoms with E-state index in [0.717, 1.165) is 0 Å². The molecule has 2 aromatic rings. The van der Waals surface area contributed by atoms with Gasteiger partial charge >= 0.3 is 12.1 Å². The molecular formula is C15H16F3N3O2. The molecule has 0 aromatic carbocycles. The molecule has 0 bridgehead atoms. The average molecular weight is 327 g/mol. The Morgan fingerprint density at radius 2 is 1.91 bits per heavy atom. The standard InChI is InChI=1S/C15H16F3N3O2/c1-8-5-6-11(7-19-8)14(22)23-13(15(16,17)18)12-9(2)20-21(4)10(12)3/h5-7,13H,1-4H3/t13-/m0/s1. The van der Waals surface area contributed by atoms with Gasteiger partial charge in [0, 0.05) is 30.2 Å². The van der Waals surface area contributed by atoms with E-state index in [9.17, 15) is 18.0 Å². The molecule has 0 saturated heterocycles. The maximum Gasteiger partial charge on any atom is 0.430 e. The molecule has 2 aromatic heterocycles. The van der Waals surface area contributed by atoms with E-state index in [-0.39, 0.29) is 16.8 Å². The van der Waals surface area contributed by atoms with Gasteiger partial charge in [-0.3, -0.25) is 9.67 Å². The predicted octanol–water partition coefficient (Wildman–Crippen LogP) is 3.20. The molecule has 0 aliphatic rings. The number of aromatic nitrogens is 3. The fourth-order valence-corrected chi connectivity index (χ4v) is 2.22. The molecule has 0 unspecified atom stereocenters. The van der Waals surface area contributed by atoms with E-state index in [1.165, 1.54) is 43.9 Å². The van der Waals surface area contributed by atoms with Crippen molar-refractivity contribution < 1.29 is 22.7 Å². The highest BCUT2D eigenvalue weighted by atomic mass is 19.4. The Morgan fingerprint density at radius 3 is 2.35 bits per heavy atom. The number of alkyl halides is 3. The summed E-state index contributed by atoms with van der Waals surface area (Å²) in [7, 11) is 1.53. The largest absolute Gasteiger partial charge is 0.444 e. The number of hydrogen-bond acceptors (Lipinski definition) is 4. The number of nitrogens with zero attached hydrogens (tertiary/aromatic N) is 3. The average Bonchev–Trinajstić information content (AvgIpc) is 2.69. The van der Waals surface area contributed by atoms with Crippen LogP contribution in [0.25, 0.3) is 0 Å². The maximum atomic E-state index is 13.4. The zero-order valence-electron chi connectivity index (χ0n) is 13.1. The minimum absolute atomic E-state index is 0.0379. The van der Waals surface area contributed by atoms with Gasteiger partial charge in [-0.05, 0) is 32.9 Å². The molecule has 2 rings (SSSR count). The van der Waals surface area contributed by atoms with E-state index in [2.05, 4.69) is 10.1 Å². The molecule has 0 spiro atoms. The number of carbonyl (C=O) groups is 1. The van der Waals surface area contributed by atoms with Crippen molar-refractivity contribution in [1.82, 2.24) is 14.8 Å². The van der Waals surface area contributed by atoms with Crippen LogP contribution in [0.1, 0.15) is 39.1 Å². The van der Waals surface area contributed by atoms with E-state index < -0.39 is 18.2 Å². The quantitative estimate of drug-likeness (QED) is 0.812. The maximum absolute atomic E-state index is 13.4. The number of aryl methyl sites for hydroxylation is 3. The van der Waals surface area contributed by atoms with Gasteiger partial charge in [-0.1, -0.05) is 0 Å². The summed E-state index contributed by atoms with van der Waals surface area (Å²) in [4.78, 5) is 15.9. The van der Waals surface area contributed by atoms with Crippen LogP contribution in [0.15, 0.2) is 18.3 Å². The number of pyridine rings is 1. The Kier molecular flexibility index (Phi) is 4.44. The number of ether oxygens (including phenoxy) is 1. The molecule has 0 saturated carbocycles. The highest BCUT2D eigenvalue weighted by Crippen LogP contribution is 2.39. The van der Waals surface area contributed by atoms with Crippen molar-refractivity contribution >= 4 is 5.97 Å². The van der Waals surface area contributed by atoms with Gasteiger partial charge < -0.3 is 4.74 Å². The Hall–Kier alpha value is -2.38. The summed E-state index contributed by atoms with van der Waals surface area (Å²) in [5.74, 6) is -1.08. The van der Waals surface area contributed by atoms with Crippen molar-refractivity contribution in [1.29, 1.82) is 0 Å². The molecule has 0 aliphatic carbocycles. The van der Waals surface area contributed by atoms with Gasteiger partial charge in [0.2, 0.25) is 6.10 Å². The lowest BCUT2D eigenvalue weighted by molar-refractivity contribution is -0.207. The number of esters is 1. The zero-order valence-corrected chi connectivity index (χ0v) is 13.1. The number of rotatable bonds is 3. The van der Waals surface area contributed by atoms with Gasteiger partial charge in [0.1, 0.15) is 0 Å². The first-order valence-electron chi connectivity index (χ1n) is 6.81. The van der Waals surface area contributed by atoms with Crippen molar-refractivity contribution in [3.8, 4) is 0 Å². The second-order valence-electron chi connectivity index (χ2n) is 5.22. The van der Waals surface area contributed by atoms with Crippen molar-refractivity contribution in [2.45, 2.75) is 33.1 Å². The lowest BCUT2D eigenvalue weighted by atomic mass is 10.1. The second-order valence-corrected chi connectivity index (χ2v) is 5.22. The summed E-state index contributed by atoms with van der Waals surface area (Å²) >= 11 is 0. The first-order chi connectivity index (χ1) is 10.6. The Balaban J connectivity index is 2.37. The van der Waals surface area contributed by atoms with Gasteiger partial charge in [-0.25, -0.2) is 4.79 Å². The summed E-state index contributed by atoms with van der Waals surface area (Å²) in [5, 5.41) is 3.95. The Bertz CT molecular complexity index is 721. The molecule has 0 fully saturated rings. The summed E-state index contributed by atoms with van der Waals surface area (Å²) in [6.45, 7) is 4.65. The summed E-state index contributed by atoms with van der Waals surface area (Å²) in [6.07, 6.45) is -5.93. The molecule has 8 heteroatoms. The fourth-order valence-electron chi connectivity index (χ4n) is 2.22. The second kappa shape index (κ2) is 6.02. The van der Waals surface area contributed by atoms with E-state index in [1.807, 2.05) is 0 Å². The van der Waals surface area contributed by atoms with Crippen molar-refractivity contribution in [3.63, 3.8) is 0 Å². The minimum Gasteiger partial charge on any atom is -0.444 e. The van der Waals surface area contributed by atoms with Gasteiger partial charge in [0.05, 0.1) is 11.3 Å². The van der Waals surface area contributed by atoms with Crippen LogP contribution in [0.3, 0.4) is 0 Å². The van der Waals surface area contributed by atoms with E-state index in [4.69, 9.17) is 4.74 Å². The normalized spacial score (nSPS) is 13.0. The number of hydrogen-bond donors (Lipinski definition) is 0. The molecule has 124 valence electrons. The van der Waals surface area contributed by atoms with Crippen molar-refractivity contribution in [2.75, 3.05) is 0 Å². The minimum atomic E-state index is -4.74. The van der Waals surface area contributed by atoms with Crippen LogP contribution >= 0.6 is 0 Å². The highest BCUT2D eigenvalue weighted by Gasteiger charge is 2.46. The van der Waals surface area contributed by atoms with E-state index in [0.29, 0.717) is 11.4 Å². The van der Waals surface area contributed by atoms with Crippen molar-refractivity contribution in [2.24, 2.45) is 7.05 Å². The van der Waals surface area contributed by atoms with Crippen LogP contribution < -0.4 is 0 Å². The molecule has 0 aliphatic heterocycles. The van der Waals surface area contributed by atoms with Gasteiger partial charge in [0.25, 0.3) is 0 Å². The van der Waals surface area contributed by atoms with Crippen LogP contribution in [0.5, 0.6) is 0 Å². The predicted molar refractivity (Wildman–Crippen MR) is 75.9 cm³/mol. The molecule has 0 N–H and O–H groups in total. The Morgan fingerprint density at radius 1 is 1.26 bits per heavy atom. The molecule has 0 amide bonds. The lowest BCUT2D eigenvalue weighted by Crippen LogP contribution is -2.27. The third kappa shape index (κ3) is 3.52. The summed E-state index contributed by atoms with van der Waals surface area (Å²) in [6, 6.07) is 2.90. The molecule has 0 radical (unpaired) electrons. The molecule has 23 heavy (non-hydrogen) atoms. The van der Waals surface area contributed by atoms with E-state index >= 15 is 0 Å². The van der Waals surface area contributed by atoms with Crippen LogP contribution in [0.4, 0.5) is 13.2 Å². The molecule has 1 atom stereocenters. The SMILES string of the molecule is Cc1ccc(C(=O)O[C@@H](c2c(C)nn(C)c2C)C(F)(F)F)cn1. The van der Waals surface area contributed by atoms with Crippen LogP contribution in [-0.2, 0) is 11.8 Å². The third-order valence-electron chi connectivity index (χ3n) is 3.50. The smallest absolute Gasteiger partial charge is 0.430 e. The zero-order chi connectivity index (χ0) is 17.4. The van der Waals surface area contributed by atoms with Crippen molar-refractivity contribution in [3.05, 3.63) is 46.5 Å². The molecule has 2 heterocycles. The monoisotopic (exact) mass is 327 g/mol. The molecule has 5 nitrogen and oxygen atoms in total. The van der Waals surface area contributed by atoms with Crippen LogP contribution in [0.2, 0.25) is 0 Å². The van der Waals surface area contributed by atoms with Gasteiger partial charge in [0.15, 0.2) is 0 Å². The first-order valence-corrected chi connectivity index (χ1v) is 6.81. The summed E-state index contributed by atoms with van der Waals surface area (Å²) in [5.41, 5.74) is 0.923. The van der Waals surface area contributed by atoms with Crippen LogP contribution in [-0.4, -0.2) is 26.9 Å². The number of halogens is 3. The summed E-state index contributed by atoms with van der Waals surface area (Å²) < 4.78 is 46.2. The van der Waals surface area contributed by atoms with E-state index in [1.54, 1.807) is 6.92 Å². The molecular weight excluding hydrogens is 311 g/mol. The highest BCUT2D eigenvalue weighted by molar-refractivity contribution is 5.89. The Labute approximate surface area is 131 Å². The fraction of sp³-hybridized carbons (Fsp3) is 0.400. The first kappa shape index (κ1) is 17.0. The third-order valence-corrected chi connectivity index (χ3v) is 3.50. The topological polar surface area (TPSA) is 57.0 Å². The van der Waals surface area contributed by atoms with Crippen LogP contribution in [0, 0.1) is 20.8 Å². The van der Waals surface area contributed by atoms with Gasteiger partial charge in [-0.15, -0.1) is 0 Å². The lowest BCUT2D eigenvalue weighted by Gasteiger charge is -2.21.